The lowest BCUT2D eigenvalue weighted by molar-refractivity contribution is 0.0745. The average Bonchev–Trinajstić information content (AvgIpc) is 2.73. The number of nitrogens with zero attached hydrogens (tertiary/aromatic N) is 5. The number of piperazine rings is 1. The first-order valence-electron chi connectivity index (χ1n) is 8.92. The molecule has 0 N–H and O–H groups in total. The Labute approximate surface area is 157 Å². The molecule has 1 saturated heterocycles. The van der Waals surface area contributed by atoms with Gasteiger partial charge in [0.05, 0.1) is 36.3 Å². The third kappa shape index (κ3) is 3.40. The van der Waals surface area contributed by atoms with E-state index in [0.717, 1.165) is 22.4 Å². The Morgan fingerprint density at radius 1 is 1.07 bits per heavy atom. The lowest BCUT2D eigenvalue weighted by atomic mass is 10.1. The first-order valence-corrected chi connectivity index (χ1v) is 8.92. The molecule has 0 aliphatic carbocycles. The van der Waals surface area contributed by atoms with Crippen molar-refractivity contribution in [2.45, 2.75) is 6.92 Å². The molecule has 1 aliphatic heterocycles. The average molecular weight is 363 g/mol. The number of hydrogen-bond donors (Lipinski definition) is 0. The zero-order valence-corrected chi connectivity index (χ0v) is 15.4. The first kappa shape index (κ1) is 17.2. The molecule has 0 unspecified atom stereocenters. The molecule has 2 aromatic heterocycles. The van der Waals surface area contributed by atoms with Crippen LogP contribution in [0.1, 0.15) is 16.1 Å². The van der Waals surface area contributed by atoms with E-state index in [4.69, 9.17) is 4.74 Å². The molecule has 0 spiro atoms. The lowest BCUT2D eigenvalue weighted by Gasteiger charge is -2.35. The van der Waals surface area contributed by atoms with Crippen molar-refractivity contribution in [3.63, 3.8) is 0 Å². The summed E-state index contributed by atoms with van der Waals surface area (Å²) in [5, 5.41) is 0.983. The molecule has 27 heavy (non-hydrogen) atoms. The predicted octanol–water partition coefficient (Wildman–Crippen LogP) is 2.30. The van der Waals surface area contributed by atoms with Gasteiger partial charge in [0.1, 0.15) is 0 Å². The van der Waals surface area contributed by atoms with Crippen LogP contribution in [0.5, 0.6) is 5.88 Å². The zero-order valence-electron chi connectivity index (χ0n) is 15.4. The fourth-order valence-corrected chi connectivity index (χ4v) is 3.33. The summed E-state index contributed by atoms with van der Waals surface area (Å²) in [4.78, 5) is 30.2. The number of carbonyl (C=O) groups is 1. The molecule has 7 nitrogen and oxygen atoms in total. The molecule has 0 bridgehead atoms. The van der Waals surface area contributed by atoms with Crippen LogP contribution in [-0.4, -0.2) is 59.0 Å². The van der Waals surface area contributed by atoms with Gasteiger partial charge < -0.3 is 14.5 Å². The second kappa shape index (κ2) is 7.19. The Bertz CT molecular complexity index is 983. The van der Waals surface area contributed by atoms with E-state index in [1.807, 2.05) is 42.2 Å². The minimum Gasteiger partial charge on any atom is -0.480 e. The van der Waals surface area contributed by atoms with Crippen molar-refractivity contribution in [1.82, 2.24) is 19.9 Å². The van der Waals surface area contributed by atoms with Crippen molar-refractivity contribution in [2.75, 3.05) is 38.2 Å². The van der Waals surface area contributed by atoms with Crippen LogP contribution in [0.15, 0.2) is 42.7 Å². The van der Waals surface area contributed by atoms with Crippen molar-refractivity contribution < 1.29 is 9.53 Å². The van der Waals surface area contributed by atoms with Gasteiger partial charge in [-0.25, -0.2) is 0 Å². The number of ether oxygens (including phenoxy) is 1. The van der Waals surface area contributed by atoms with E-state index in [-0.39, 0.29) is 5.91 Å². The van der Waals surface area contributed by atoms with Crippen LogP contribution in [0.25, 0.3) is 10.9 Å². The Balaban J connectivity index is 1.49. The highest BCUT2D eigenvalue weighted by atomic mass is 16.5. The maximum atomic E-state index is 13.0. The second-order valence-corrected chi connectivity index (χ2v) is 6.51. The number of benzene rings is 1. The summed E-state index contributed by atoms with van der Waals surface area (Å²) in [7, 11) is 1.57. The highest BCUT2D eigenvalue weighted by Crippen LogP contribution is 2.20. The molecule has 3 heterocycles. The van der Waals surface area contributed by atoms with Crippen LogP contribution in [0, 0.1) is 6.92 Å². The van der Waals surface area contributed by atoms with Gasteiger partial charge in [-0.15, -0.1) is 0 Å². The molecule has 7 heteroatoms. The summed E-state index contributed by atoms with van der Waals surface area (Å²) in [6, 6.07) is 9.81. The topological polar surface area (TPSA) is 71.5 Å². The molecular weight excluding hydrogens is 342 g/mol. The molecule has 0 saturated carbocycles. The van der Waals surface area contributed by atoms with Gasteiger partial charge in [-0.2, -0.15) is 4.98 Å². The van der Waals surface area contributed by atoms with E-state index in [1.165, 1.54) is 0 Å². The lowest BCUT2D eigenvalue weighted by Crippen LogP contribution is -2.49. The van der Waals surface area contributed by atoms with Crippen LogP contribution < -0.4 is 9.64 Å². The molecule has 0 atom stereocenters. The summed E-state index contributed by atoms with van der Waals surface area (Å²) < 4.78 is 5.14. The number of para-hydroxylation sites is 1. The predicted molar refractivity (Wildman–Crippen MR) is 103 cm³/mol. The molecule has 138 valence electrons. The van der Waals surface area contributed by atoms with Gasteiger partial charge in [0, 0.05) is 31.6 Å². The van der Waals surface area contributed by atoms with Crippen LogP contribution >= 0.6 is 0 Å². The SMILES string of the molecule is COc1cncc(N2CCN(C(=O)c3cc4ccccc4nc3C)CC2)n1. The fraction of sp³-hybridized carbons (Fsp3) is 0.300. The van der Waals surface area contributed by atoms with Gasteiger partial charge in [-0.3, -0.25) is 14.8 Å². The maximum absolute atomic E-state index is 13.0. The van der Waals surface area contributed by atoms with Crippen molar-refractivity contribution in [3.05, 3.63) is 54.0 Å². The number of aryl methyl sites for hydroxylation is 1. The monoisotopic (exact) mass is 363 g/mol. The van der Waals surface area contributed by atoms with E-state index in [2.05, 4.69) is 19.9 Å². The minimum absolute atomic E-state index is 0.0297. The van der Waals surface area contributed by atoms with Crippen molar-refractivity contribution in [1.29, 1.82) is 0 Å². The Morgan fingerprint density at radius 2 is 1.85 bits per heavy atom. The summed E-state index contributed by atoms with van der Waals surface area (Å²) >= 11 is 0. The quantitative estimate of drug-likeness (QED) is 0.711. The molecule has 1 fully saturated rings. The molecule has 3 aromatic rings. The fourth-order valence-electron chi connectivity index (χ4n) is 3.33. The van der Waals surface area contributed by atoms with E-state index in [9.17, 15) is 4.79 Å². The maximum Gasteiger partial charge on any atom is 0.255 e. The third-order valence-electron chi connectivity index (χ3n) is 4.84. The number of rotatable bonds is 3. The van der Waals surface area contributed by atoms with Crippen molar-refractivity contribution >= 4 is 22.6 Å². The van der Waals surface area contributed by atoms with Gasteiger partial charge >= 0.3 is 0 Å². The first-order chi connectivity index (χ1) is 13.2. The minimum atomic E-state index is 0.0297. The number of aromatic nitrogens is 3. The van der Waals surface area contributed by atoms with Crippen LogP contribution in [-0.2, 0) is 0 Å². The summed E-state index contributed by atoms with van der Waals surface area (Å²) in [5.41, 5.74) is 2.34. The normalized spacial score (nSPS) is 14.4. The number of hydrogen-bond acceptors (Lipinski definition) is 6. The van der Waals surface area contributed by atoms with Gasteiger partial charge in [0.15, 0.2) is 5.82 Å². The van der Waals surface area contributed by atoms with Gasteiger partial charge in [0.2, 0.25) is 5.88 Å². The van der Waals surface area contributed by atoms with Crippen LogP contribution in [0.3, 0.4) is 0 Å². The van der Waals surface area contributed by atoms with Crippen LogP contribution in [0.4, 0.5) is 5.82 Å². The number of carbonyl (C=O) groups excluding carboxylic acids is 1. The molecule has 4 rings (SSSR count). The highest BCUT2D eigenvalue weighted by Gasteiger charge is 2.24. The number of anilines is 1. The largest absolute Gasteiger partial charge is 0.480 e. The summed E-state index contributed by atoms with van der Waals surface area (Å²) in [6.07, 6.45) is 3.30. The summed E-state index contributed by atoms with van der Waals surface area (Å²) in [5.74, 6) is 1.29. The zero-order chi connectivity index (χ0) is 18.8. The number of methoxy groups -OCH3 is 1. The number of fused-ring (bicyclic) bond motifs is 1. The van der Waals surface area contributed by atoms with Crippen molar-refractivity contribution in [2.24, 2.45) is 0 Å². The van der Waals surface area contributed by atoms with Gasteiger partial charge in [-0.1, -0.05) is 18.2 Å². The molecule has 0 radical (unpaired) electrons. The molecule has 1 aromatic carbocycles. The smallest absolute Gasteiger partial charge is 0.255 e. The number of amides is 1. The Hall–Kier alpha value is -3.22. The van der Waals surface area contributed by atoms with E-state index in [0.29, 0.717) is 37.6 Å². The number of pyridine rings is 1. The van der Waals surface area contributed by atoms with Crippen molar-refractivity contribution in [3.8, 4) is 5.88 Å². The van der Waals surface area contributed by atoms with E-state index >= 15 is 0 Å². The van der Waals surface area contributed by atoms with Gasteiger partial charge in [-0.05, 0) is 19.1 Å². The Kier molecular flexibility index (Phi) is 4.58. The molecule has 1 aliphatic rings. The van der Waals surface area contributed by atoms with Gasteiger partial charge in [0.25, 0.3) is 5.91 Å². The molecular formula is C20H21N5O2. The standard InChI is InChI=1S/C20H21N5O2/c1-14-16(11-15-5-3-4-6-17(15)22-14)20(26)25-9-7-24(8-10-25)18-12-21-13-19(23-18)27-2/h3-6,11-13H,7-10H2,1-2H3. The van der Waals surface area contributed by atoms with Crippen LogP contribution in [0.2, 0.25) is 0 Å². The van der Waals surface area contributed by atoms with E-state index < -0.39 is 0 Å². The summed E-state index contributed by atoms with van der Waals surface area (Å²) in [6.45, 7) is 4.55. The molecule has 1 amide bonds. The third-order valence-corrected chi connectivity index (χ3v) is 4.84. The highest BCUT2D eigenvalue weighted by molar-refractivity contribution is 5.98. The van der Waals surface area contributed by atoms with E-state index in [1.54, 1.807) is 19.5 Å². The second-order valence-electron chi connectivity index (χ2n) is 6.51. The Morgan fingerprint density at radius 3 is 2.63 bits per heavy atom.